The van der Waals surface area contributed by atoms with Crippen LogP contribution in [0.4, 0.5) is 5.69 Å². The summed E-state index contributed by atoms with van der Waals surface area (Å²) in [5, 5.41) is 9.39. The minimum Gasteiger partial charge on any atom is -0.398 e. The third kappa shape index (κ3) is 4.65. The maximum Gasteiger partial charge on any atom is 0.240 e. The predicted octanol–water partition coefficient (Wildman–Crippen LogP) is 1.67. The van der Waals surface area contributed by atoms with Gasteiger partial charge in [0.2, 0.25) is 10.0 Å². The lowest BCUT2D eigenvalue weighted by atomic mass is 10.2. The molecule has 0 aliphatic rings. The molecule has 0 radical (unpaired) electrons. The maximum atomic E-state index is 12.1. The molecule has 0 spiro atoms. The number of sulfonamides is 1. The number of anilines is 1. The first-order valence-corrected chi connectivity index (χ1v) is 7.83. The molecule has 0 saturated heterocycles. The number of nitrogens with two attached hydrogens (primary N) is 1. The molecular formula is C12H19ClN2O3S. The van der Waals surface area contributed by atoms with Crippen molar-refractivity contribution in [2.45, 2.75) is 37.7 Å². The minimum atomic E-state index is -3.63. The van der Waals surface area contributed by atoms with Gasteiger partial charge in [-0.2, -0.15) is 0 Å². The largest absolute Gasteiger partial charge is 0.398 e. The molecule has 1 aromatic rings. The van der Waals surface area contributed by atoms with E-state index in [2.05, 4.69) is 4.72 Å². The summed E-state index contributed by atoms with van der Waals surface area (Å²) < 4.78 is 26.7. The van der Waals surface area contributed by atoms with E-state index in [-0.39, 0.29) is 16.5 Å². The van der Waals surface area contributed by atoms with E-state index in [9.17, 15) is 8.42 Å². The van der Waals surface area contributed by atoms with Gasteiger partial charge in [0.05, 0.1) is 11.0 Å². The summed E-state index contributed by atoms with van der Waals surface area (Å²) in [5.74, 6) is 0. The third-order valence-electron chi connectivity index (χ3n) is 2.75. The molecule has 0 aliphatic carbocycles. The van der Waals surface area contributed by atoms with Gasteiger partial charge in [-0.15, -0.1) is 0 Å². The molecule has 1 rings (SSSR count). The standard InChI is InChI=1S/C12H19ClN2O3S/c1-8(16)4-3-5-15-19(17,18)12-7-10(13)6-11(14)9(12)2/h6-8,15-16H,3-5,14H2,1-2H3. The highest BCUT2D eigenvalue weighted by atomic mass is 35.5. The van der Waals surface area contributed by atoms with Gasteiger partial charge in [-0.05, 0) is 44.4 Å². The lowest BCUT2D eigenvalue weighted by Crippen LogP contribution is -2.26. The van der Waals surface area contributed by atoms with Crippen LogP contribution in [0.25, 0.3) is 0 Å². The molecule has 0 aromatic heterocycles. The summed E-state index contributed by atoms with van der Waals surface area (Å²) in [5.41, 5.74) is 6.53. The Morgan fingerprint density at radius 1 is 1.47 bits per heavy atom. The summed E-state index contributed by atoms with van der Waals surface area (Å²) in [7, 11) is -3.63. The van der Waals surface area contributed by atoms with E-state index >= 15 is 0 Å². The van der Waals surface area contributed by atoms with Crippen molar-refractivity contribution >= 4 is 27.3 Å². The van der Waals surface area contributed by atoms with Crippen molar-refractivity contribution in [1.82, 2.24) is 4.72 Å². The molecule has 0 bridgehead atoms. The smallest absolute Gasteiger partial charge is 0.240 e. The molecule has 19 heavy (non-hydrogen) atoms. The van der Waals surface area contributed by atoms with Crippen LogP contribution in [0, 0.1) is 6.92 Å². The van der Waals surface area contributed by atoms with Crippen molar-refractivity contribution in [2.24, 2.45) is 0 Å². The highest BCUT2D eigenvalue weighted by molar-refractivity contribution is 7.89. The van der Waals surface area contributed by atoms with E-state index in [1.54, 1.807) is 13.8 Å². The van der Waals surface area contributed by atoms with Crippen LogP contribution in [-0.4, -0.2) is 26.2 Å². The number of aliphatic hydroxyl groups excluding tert-OH is 1. The van der Waals surface area contributed by atoms with Gasteiger partial charge < -0.3 is 10.8 Å². The van der Waals surface area contributed by atoms with Gasteiger partial charge in [-0.25, -0.2) is 13.1 Å². The molecule has 1 unspecified atom stereocenters. The fraction of sp³-hybridized carbons (Fsp3) is 0.500. The predicted molar refractivity (Wildman–Crippen MR) is 76.7 cm³/mol. The highest BCUT2D eigenvalue weighted by Gasteiger charge is 2.18. The quantitative estimate of drug-likeness (QED) is 0.550. The summed E-state index contributed by atoms with van der Waals surface area (Å²) in [6.45, 7) is 3.56. The molecule has 1 aromatic carbocycles. The number of nitrogens with one attached hydrogen (secondary N) is 1. The Morgan fingerprint density at radius 2 is 2.11 bits per heavy atom. The molecule has 4 N–H and O–H groups in total. The van der Waals surface area contributed by atoms with Crippen LogP contribution >= 0.6 is 11.6 Å². The fourth-order valence-electron chi connectivity index (χ4n) is 1.64. The zero-order chi connectivity index (χ0) is 14.6. The second kappa shape index (κ2) is 6.56. The summed E-state index contributed by atoms with van der Waals surface area (Å²) >= 11 is 5.83. The van der Waals surface area contributed by atoms with E-state index < -0.39 is 16.1 Å². The van der Waals surface area contributed by atoms with E-state index in [0.29, 0.717) is 24.1 Å². The van der Waals surface area contributed by atoms with Gasteiger partial charge >= 0.3 is 0 Å². The zero-order valence-corrected chi connectivity index (χ0v) is 12.6. The van der Waals surface area contributed by atoms with Gasteiger partial charge in [-0.1, -0.05) is 11.6 Å². The second-order valence-corrected chi connectivity index (χ2v) is 6.68. The van der Waals surface area contributed by atoms with E-state index in [1.165, 1.54) is 12.1 Å². The first kappa shape index (κ1) is 16.2. The van der Waals surface area contributed by atoms with Crippen molar-refractivity contribution < 1.29 is 13.5 Å². The Hall–Kier alpha value is -0.820. The highest BCUT2D eigenvalue weighted by Crippen LogP contribution is 2.25. The number of halogens is 1. The molecule has 0 saturated carbocycles. The number of rotatable bonds is 6. The fourth-order valence-corrected chi connectivity index (χ4v) is 3.30. The van der Waals surface area contributed by atoms with E-state index in [1.807, 2.05) is 0 Å². The van der Waals surface area contributed by atoms with Crippen molar-refractivity contribution in [1.29, 1.82) is 0 Å². The second-order valence-electron chi connectivity index (χ2n) is 4.51. The van der Waals surface area contributed by atoms with E-state index in [0.717, 1.165) is 0 Å². The van der Waals surface area contributed by atoms with Crippen LogP contribution in [0.1, 0.15) is 25.3 Å². The average molecular weight is 307 g/mol. The van der Waals surface area contributed by atoms with Crippen LogP contribution in [0.3, 0.4) is 0 Å². The Morgan fingerprint density at radius 3 is 2.68 bits per heavy atom. The topological polar surface area (TPSA) is 92.4 Å². The molecule has 0 amide bonds. The van der Waals surface area contributed by atoms with Gasteiger partial charge in [0.15, 0.2) is 0 Å². The molecule has 7 heteroatoms. The number of hydrogen-bond donors (Lipinski definition) is 3. The molecule has 0 aliphatic heterocycles. The number of benzene rings is 1. The lowest BCUT2D eigenvalue weighted by molar-refractivity contribution is 0.182. The first-order valence-electron chi connectivity index (χ1n) is 5.97. The number of nitrogen functional groups attached to an aromatic ring is 1. The Labute approximate surface area is 118 Å². The van der Waals surface area contributed by atoms with Gasteiger partial charge in [-0.3, -0.25) is 0 Å². The number of aliphatic hydroxyl groups is 1. The minimum absolute atomic E-state index is 0.0922. The lowest BCUT2D eigenvalue weighted by Gasteiger charge is -2.12. The number of hydrogen-bond acceptors (Lipinski definition) is 4. The van der Waals surface area contributed by atoms with Crippen LogP contribution in [0.15, 0.2) is 17.0 Å². The summed E-state index contributed by atoms with van der Waals surface area (Å²) in [6, 6.07) is 2.90. The first-order chi connectivity index (χ1) is 8.74. The third-order valence-corrected chi connectivity index (χ3v) is 4.55. The van der Waals surface area contributed by atoms with Crippen molar-refractivity contribution in [3.63, 3.8) is 0 Å². The van der Waals surface area contributed by atoms with Crippen molar-refractivity contribution in [2.75, 3.05) is 12.3 Å². The average Bonchev–Trinajstić information content (AvgIpc) is 2.29. The Balaban J connectivity index is 2.83. The monoisotopic (exact) mass is 306 g/mol. The SMILES string of the molecule is Cc1c(N)cc(Cl)cc1S(=O)(=O)NCCCC(C)O. The Kier molecular flexibility index (Phi) is 5.61. The molecule has 0 heterocycles. The Bertz CT molecular complexity index is 544. The normalized spacial score (nSPS) is 13.5. The zero-order valence-electron chi connectivity index (χ0n) is 11.0. The van der Waals surface area contributed by atoms with Crippen molar-refractivity contribution in [3.8, 4) is 0 Å². The van der Waals surface area contributed by atoms with Gasteiger partial charge in [0.25, 0.3) is 0 Å². The van der Waals surface area contributed by atoms with Crippen LogP contribution in [0.5, 0.6) is 0 Å². The van der Waals surface area contributed by atoms with Gasteiger partial charge in [0, 0.05) is 17.3 Å². The maximum absolute atomic E-state index is 12.1. The van der Waals surface area contributed by atoms with Crippen molar-refractivity contribution in [3.05, 3.63) is 22.7 Å². The van der Waals surface area contributed by atoms with Crippen LogP contribution in [-0.2, 0) is 10.0 Å². The summed E-state index contributed by atoms with van der Waals surface area (Å²) in [4.78, 5) is 0.0922. The molecule has 1 atom stereocenters. The van der Waals surface area contributed by atoms with Gasteiger partial charge in [0.1, 0.15) is 0 Å². The molecule has 5 nitrogen and oxygen atoms in total. The molecule has 0 fully saturated rings. The van der Waals surface area contributed by atoms with E-state index in [4.69, 9.17) is 22.4 Å². The summed E-state index contributed by atoms with van der Waals surface area (Å²) in [6.07, 6.45) is 0.665. The molecular weight excluding hydrogens is 288 g/mol. The van der Waals surface area contributed by atoms with Crippen LogP contribution < -0.4 is 10.5 Å². The van der Waals surface area contributed by atoms with Crippen LogP contribution in [0.2, 0.25) is 5.02 Å². The molecule has 108 valence electrons.